The van der Waals surface area contributed by atoms with Gasteiger partial charge in [0.05, 0.1) is 25.6 Å². The lowest BCUT2D eigenvalue weighted by Gasteiger charge is -2.10. The number of nitrogens with zero attached hydrogens (tertiary/aromatic N) is 2. The van der Waals surface area contributed by atoms with Crippen LogP contribution in [0.4, 0.5) is 0 Å². The van der Waals surface area contributed by atoms with Crippen molar-refractivity contribution in [1.29, 1.82) is 0 Å². The highest BCUT2D eigenvalue weighted by Crippen LogP contribution is 2.29. The van der Waals surface area contributed by atoms with E-state index in [4.69, 9.17) is 14.2 Å². The molecule has 4 rings (SSSR count). The molecule has 0 unspecified atom stereocenters. The Kier molecular flexibility index (Phi) is 5.61. The fourth-order valence-electron chi connectivity index (χ4n) is 3.00. The zero-order valence-electron chi connectivity index (χ0n) is 17.1. The van der Waals surface area contributed by atoms with Gasteiger partial charge in [-0.25, -0.2) is 0 Å². The zero-order valence-corrected chi connectivity index (χ0v) is 17.1. The molecule has 0 saturated carbocycles. The Morgan fingerprint density at radius 3 is 1.50 bits per heavy atom. The Balaban J connectivity index is 1.75. The first-order valence-corrected chi connectivity index (χ1v) is 9.57. The van der Waals surface area contributed by atoms with Crippen molar-refractivity contribution in [3.05, 3.63) is 84.4 Å². The van der Waals surface area contributed by atoms with Crippen molar-refractivity contribution in [3.63, 3.8) is 0 Å². The molecule has 150 valence electrons. The molecule has 5 heteroatoms. The largest absolute Gasteiger partial charge is 0.497 e. The third kappa shape index (κ3) is 4.41. The minimum absolute atomic E-state index is 0.282. The summed E-state index contributed by atoms with van der Waals surface area (Å²) in [6.45, 7) is 2.06. The second-order valence-electron chi connectivity index (χ2n) is 6.79. The van der Waals surface area contributed by atoms with Gasteiger partial charge >= 0.3 is 6.01 Å². The first-order valence-electron chi connectivity index (χ1n) is 9.57. The van der Waals surface area contributed by atoms with E-state index in [9.17, 15) is 0 Å². The highest BCUT2D eigenvalue weighted by Gasteiger charge is 2.11. The highest BCUT2D eigenvalue weighted by molar-refractivity contribution is 5.68. The molecule has 5 nitrogen and oxygen atoms in total. The van der Waals surface area contributed by atoms with Gasteiger partial charge in [-0.15, -0.1) is 0 Å². The van der Waals surface area contributed by atoms with Gasteiger partial charge in [0.25, 0.3) is 0 Å². The number of hydrogen-bond acceptors (Lipinski definition) is 5. The van der Waals surface area contributed by atoms with Gasteiger partial charge in [-0.05, 0) is 61.5 Å². The van der Waals surface area contributed by atoms with Crippen molar-refractivity contribution in [3.8, 4) is 45.8 Å². The smallest absolute Gasteiger partial charge is 0.323 e. The number of rotatable bonds is 6. The highest BCUT2D eigenvalue weighted by atomic mass is 16.5. The van der Waals surface area contributed by atoms with E-state index in [-0.39, 0.29) is 6.01 Å². The van der Waals surface area contributed by atoms with Crippen LogP contribution in [-0.4, -0.2) is 24.2 Å². The van der Waals surface area contributed by atoms with Crippen LogP contribution in [0.5, 0.6) is 23.3 Å². The fraction of sp³-hybridized carbons (Fsp3) is 0.120. The van der Waals surface area contributed by atoms with Crippen molar-refractivity contribution < 1.29 is 14.2 Å². The molecular formula is C25H22N2O3. The molecule has 0 bridgehead atoms. The zero-order chi connectivity index (χ0) is 20.9. The van der Waals surface area contributed by atoms with E-state index in [1.807, 2.05) is 66.7 Å². The molecule has 1 aromatic heterocycles. The summed E-state index contributed by atoms with van der Waals surface area (Å²) in [5.41, 5.74) is 4.70. The standard InChI is InChI=1S/C25H22N2O3/c1-17-4-6-18(7-5-17)23-16-24(19-8-10-20(28-2)11-9-19)27-25(26-23)30-22-14-12-21(29-3)13-15-22/h4-16H,1-3H3. The van der Waals surface area contributed by atoms with E-state index >= 15 is 0 Å². The number of benzene rings is 3. The molecule has 0 amide bonds. The van der Waals surface area contributed by atoms with Crippen molar-refractivity contribution in [2.75, 3.05) is 14.2 Å². The summed E-state index contributed by atoms with van der Waals surface area (Å²) in [6, 6.07) is 25.6. The summed E-state index contributed by atoms with van der Waals surface area (Å²) in [5, 5.41) is 0. The summed E-state index contributed by atoms with van der Waals surface area (Å²) in [5.74, 6) is 2.19. The molecule has 0 aliphatic heterocycles. The molecule has 0 spiro atoms. The molecule has 4 aromatic rings. The average molecular weight is 398 g/mol. The van der Waals surface area contributed by atoms with E-state index in [0.29, 0.717) is 5.75 Å². The number of ether oxygens (including phenoxy) is 3. The lowest BCUT2D eigenvalue weighted by Crippen LogP contribution is -1.97. The quantitative estimate of drug-likeness (QED) is 0.403. The second kappa shape index (κ2) is 8.66. The van der Waals surface area contributed by atoms with Gasteiger partial charge in [-0.2, -0.15) is 9.97 Å². The van der Waals surface area contributed by atoms with Gasteiger partial charge in [0, 0.05) is 11.1 Å². The fourth-order valence-corrected chi connectivity index (χ4v) is 3.00. The van der Waals surface area contributed by atoms with Gasteiger partial charge in [-0.1, -0.05) is 29.8 Å². The Labute approximate surface area is 175 Å². The van der Waals surface area contributed by atoms with Crippen LogP contribution in [0.3, 0.4) is 0 Å². The average Bonchev–Trinajstić information content (AvgIpc) is 2.80. The molecule has 0 saturated heterocycles. The Morgan fingerprint density at radius 1 is 0.567 bits per heavy atom. The van der Waals surface area contributed by atoms with Gasteiger partial charge in [0.15, 0.2) is 0 Å². The van der Waals surface area contributed by atoms with Crippen molar-refractivity contribution >= 4 is 0 Å². The summed E-state index contributed by atoms with van der Waals surface area (Å²) in [6.07, 6.45) is 0. The Bertz CT molecular complexity index is 1120. The van der Waals surface area contributed by atoms with Crippen LogP contribution in [0.1, 0.15) is 5.56 Å². The molecule has 0 aliphatic carbocycles. The van der Waals surface area contributed by atoms with Crippen molar-refractivity contribution in [2.24, 2.45) is 0 Å². The van der Waals surface area contributed by atoms with E-state index in [1.165, 1.54) is 5.56 Å². The monoisotopic (exact) mass is 398 g/mol. The molecular weight excluding hydrogens is 376 g/mol. The normalized spacial score (nSPS) is 10.5. The second-order valence-corrected chi connectivity index (χ2v) is 6.79. The van der Waals surface area contributed by atoms with Crippen molar-refractivity contribution in [1.82, 2.24) is 9.97 Å². The Morgan fingerprint density at radius 2 is 1.00 bits per heavy atom. The lowest BCUT2D eigenvalue weighted by molar-refractivity contribution is 0.410. The van der Waals surface area contributed by atoms with Gasteiger partial charge in [0.2, 0.25) is 0 Å². The number of aromatic nitrogens is 2. The van der Waals surface area contributed by atoms with Crippen molar-refractivity contribution in [2.45, 2.75) is 6.92 Å². The van der Waals surface area contributed by atoms with E-state index in [0.717, 1.165) is 34.0 Å². The molecule has 0 radical (unpaired) electrons. The summed E-state index contributed by atoms with van der Waals surface area (Å²) in [7, 11) is 3.28. The lowest BCUT2D eigenvalue weighted by atomic mass is 10.1. The molecule has 30 heavy (non-hydrogen) atoms. The van der Waals surface area contributed by atoms with Crippen LogP contribution >= 0.6 is 0 Å². The first-order chi connectivity index (χ1) is 14.6. The summed E-state index contributed by atoms with van der Waals surface area (Å²) < 4.78 is 16.4. The molecule has 3 aromatic carbocycles. The van der Waals surface area contributed by atoms with Gasteiger partial charge < -0.3 is 14.2 Å². The first kappa shape index (κ1) is 19.5. The van der Waals surface area contributed by atoms with Crippen LogP contribution in [0, 0.1) is 6.92 Å². The number of methoxy groups -OCH3 is 2. The molecule has 0 atom stereocenters. The van der Waals surface area contributed by atoms with Crippen LogP contribution in [0.2, 0.25) is 0 Å². The van der Waals surface area contributed by atoms with Gasteiger partial charge in [0.1, 0.15) is 17.2 Å². The minimum Gasteiger partial charge on any atom is -0.497 e. The third-order valence-electron chi connectivity index (χ3n) is 4.71. The van der Waals surface area contributed by atoms with E-state index in [2.05, 4.69) is 29.0 Å². The summed E-state index contributed by atoms with van der Waals surface area (Å²) >= 11 is 0. The van der Waals surface area contributed by atoms with Crippen LogP contribution in [0.25, 0.3) is 22.5 Å². The maximum absolute atomic E-state index is 5.97. The van der Waals surface area contributed by atoms with E-state index < -0.39 is 0 Å². The van der Waals surface area contributed by atoms with E-state index in [1.54, 1.807) is 14.2 Å². The predicted molar refractivity (Wildman–Crippen MR) is 117 cm³/mol. The predicted octanol–water partition coefficient (Wildman–Crippen LogP) is 5.93. The van der Waals surface area contributed by atoms with Gasteiger partial charge in [-0.3, -0.25) is 0 Å². The minimum atomic E-state index is 0.282. The topological polar surface area (TPSA) is 53.5 Å². The number of hydrogen-bond donors (Lipinski definition) is 0. The summed E-state index contributed by atoms with van der Waals surface area (Å²) in [4.78, 5) is 9.28. The molecule has 0 N–H and O–H groups in total. The maximum Gasteiger partial charge on any atom is 0.323 e. The van der Waals surface area contributed by atoms with Crippen LogP contribution in [0.15, 0.2) is 78.9 Å². The third-order valence-corrected chi connectivity index (χ3v) is 4.71. The molecule has 0 fully saturated rings. The van der Waals surface area contributed by atoms with Crippen LogP contribution < -0.4 is 14.2 Å². The maximum atomic E-state index is 5.97. The molecule has 0 aliphatic rings. The van der Waals surface area contributed by atoms with Crippen LogP contribution in [-0.2, 0) is 0 Å². The Hall–Kier alpha value is -3.86. The number of aryl methyl sites for hydroxylation is 1. The SMILES string of the molecule is COc1ccc(Oc2nc(-c3ccc(C)cc3)cc(-c3ccc(OC)cc3)n2)cc1. The molecule has 1 heterocycles.